The second kappa shape index (κ2) is 9.07. The molecule has 4 rings (SSSR count). The van der Waals surface area contributed by atoms with E-state index in [1.807, 2.05) is 6.07 Å². The summed E-state index contributed by atoms with van der Waals surface area (Å²) in [4.78, 5) is 12.1. The number of carboxylic acids is 1. The van der Waals surface area contributed by atoms with Crippen LogP contribution < -0.4 is 0 Å². The molecule has 3 nitrogen and oxygen atoms in total. The summed E-state index contributed by atoms with van der Waals surface area (Å²) < 4.78 is 0. The highest BCUT2D eigenvalue weighted by Gasteiger charge is 2.42. The van der Waals surface area contributed by atoms with E-state index in [2.05, 4.69) is 96.1 Å². The van der Waals surface area contributed by atoms with Crippen molar-refractivity contribution in [3.05, 3.63) is 134 Å². The number of hydrogen-bond acceptors (Lipinski definition) is 2. The van der Waals surface area contributed by atoms with Crippen molar-refractivity contribution >= 4 is 5.97 Å². The Balaban J connectivity index is 2.33. The molecule has 4 aromatic carbocycles. The van der Waals surface area contributed by atoms with Gasteiger partial charge >= 0.3 is 5.97 Å². The second-order valence-electron chi connectivity index (χ2n) is 9.53. The van der Waals surface area contributed by atoms with Crippen LogP contribution in [0.25, 0.3) is 0 Å². The molecule has 3 heteroatoms. The van der Waals surface area contributed by atoms with Crippen LogP contribution in [0.15, 0.2) is 72.8 Å². The van der Waals surface area contributed by atoms with Crippen molar-refractivity contribution in [1.29, 1.82) is 0 Å². The monoisotopic (exact) mass is 464 g/mol. The molecule has 0 unspecified atom stereocenters. The Kier molecular flexibility index (Phi) is 6.29. The van der Waals surface area contributed by atoms with Crippen LogP contribution in [0.2, 0.25) is 0 Å². The smallest absolute Gasteiger partial charge is 0.339 e. The fourth-order valence-electron chi connectivity index (χ4n) is 5.31. The number of aromatic hydroxyl groups is 1. The van der Waals surface area contributed by atoms with E-state index in [0.717, 1.165) is 38.9 Å². The van der Waals surface area contributed by atoms with Crippen molar-refractivity contribution in [3.8, 4) is 5.75 Å². The molecule has 178 valence electrons. The van der Waals surface area contributed by atoms with Crippen LogP contribution in [0.3, 0.4) is 0 Å². The second-order valence-corrected chi connectivity index (χ2v) is 9.53. The fourth-order valence-corrected chi connectivity index (χ4v) is 5.31. The normalized spacial score (nSPS) is 11.5. The third kappa shape index (κ3) is 3.81. The first kappa shape index (κ1) is 24.3. The van der Waals surface area contributed by atoms with Crippen molar-refractivity contribution in [2.75, 3.05) is 0 Å². The molecule has 0 aliphatic carbocycles. The molecule has 0 atom stereocenters. The Morgan fingerprint density at radius 3 is 1.40 bits per heavy atom. The lowest BCUT2D eigenvalue weighted by atomic mass is 9.61. The van der Waals surface area contributed by atoms with E-state index in [0.29, 0.717) is 0 Å². The molecule has 4 aromatic rings. The van der Waals surface area contributed by atoms with Gasteiger partial charge in [0.25, 0.3) is 0 Å². The van der Waals surface area contributed by atoms with Gasteiger partial charge in [0.2, 0.25) is 0 Å². The first-order chi connectivity index (χ1) is 16.6. The number of rotatable bonds is 5. The van der Waals surface area contributed by atoms with E-state index < -0.39 is 11.4 Å². The summed E-state index contributed by atoms with van der Waals surface area (Å²) in [5, 5.41) is 20.3. The Labute approximate surface area is 207 Å². The van der Waals surface area contributed by atoms with Gasteiger partial charge in [0.05, 0.1) is 5.41 Å². The van der Waals surface area contributed by atoms with Crippen molar-refractivity contribution in [3.63, 3.8) is 0 Å². The highest BCUT2D eigenvalue weighted by Crippen LogP contribution is 2.50. The molecular formula is C32H32O3. The summed E-state index contributed by atoms with van der Waals surface area (Å²) in [5.74, 6) is -1.39. The molecule has 0 aliphatic heterocycles. The van der Waals surface area contributed by atoms with Crippen molar-refractivity contribution in [2.24, 2.45) is 0 Å². The van der Waals surface area contributed by atoms with E-state index in [-0.39, 0.29) is 11.3 Å². The zero-order valence-electron chi connectivity index (χ0n) is 21.2. The van der Waals surface area contributed by atoms with E-state index >= 15 is 0 Å². The van der Waals surface area contributed by atoms with Gasteiger partial charge in [-0.1, -0.05) is 60.7 Å². The molecule has 0 saturated heterocycles. The van der Waals surface area contributed by atoms with Gasteiger partial charge in [0.1, 0.15) is 11.3 Å². The maximum atomic E-state index is 12.1. The summed E-state index contributed by atoms with van der Waals surface area (Å²) in [7, 11) is 0. The number of aryl methyl sites for hydroxylation is 3. The van der Waals surface area contributed by atoms with Gasteiger partial charge in [-0.3, -0.25) is 0 Å². The van der Waals surface area contributed by atoms with Crippen LogP contribution in [0, 0.1) is 41.5 Å². The maximum Gasteiger partial charge on any atom is 0.339 e. The molecule has 0 saturated carbocycles. The largest absolute Gasteiger partial charge is 0.507 e. The van der Waals surface area contributed by atoms with Gasteiger partial charge in [-0.25, -0.2) is 4.79 Å². The quantitative estimate of drug-likeness (QED) is 0.304. The maximum absolute atomic E-state index is 12.1. The molecule has 0 bridgehead atoms. The predicted molar refractivity (Wildman–Crippen MR) is 142 cm³/mol. The number of hydrogen-bond donors (Lipinski definition) is 2. The molecule has 0 fully saturated rings. The van der Waals surface area contributed by atoms with Gasteiger partial charge < -0.3 is 10.2 Å². The molecule has 0 aromatic heterocycles. The number of phenols is 1. The van der Waals surface area contributed by atoms with Gasteiger partial charge in [-0.15, -0.1) is 0 Å². The average Bonchev–Trinajstić information content (AvgIpc) is 2.82. The lowest BCUT2D eigenvalue weighted by Gasteiger charge is -2.41. The lowest BCUT2D eigenvalue weighted by Crippen LogP contribution is -2.34. The third-order valence-electron chi connectivity index (χ3n) is 7.69. The molecule has 35 heavy (non-hydrogen) atoms. The standard InChI is InChI=1S/C32H32O3/c1-19-10-7-13-27(22(19)4)32(28-14-8-11-20(2)23(28)5,29-15-9-12-21(3)24(29)6)25-16-17-30(33)26(18-25)31(34)35/h7-18,33H,1-6H3,(H,34,35). The summed E-state index contributed by atoms with van der Waals surface area (Å²) in [5.41, 5.74) is 10.2. The summed E-state index contributed by atoms with van der Waals surface area (Å²) in [6, 6.07) is 24.0. The number of carboxylic acid groups (broad SMARTS) is 1. The molecule has 0 amide bonds. The van der Waals surface area contributed by atoms with Gasteiger partial charge in [-0.05, 0) is 109 Å². The number of benzene rings is 4. The molecular weight excluding hydrogens is 432 g/mol. The van der Waals surface area contributed by atoms with Gasteiger partial charge in [-0.2, -0.15) is 0 Å². The van der Waals surface area contributed by atoms with Crippen LogP contribution in [0.4, 0.5) is 0 Å². The molecule has 0 radical (unpaired) electrons. The Bertz CT molecular complexity index is 1320. The van der Waals surface area contributed by atoms with Gasteiger partial charge in [0.15, 0.2) is 0 Å². The topological polar surface area (TPSA) is 57.5 Å². The van der Waals surface area contributed by atoms with E-state index in [9.17, 15) is 15.0 Å². The van der Waals surface area contributed by atoms with Crippen molar-refractivity contribution < 1.29 is 15.0 Å². The molecule has 0 aliphatic rings. The fraction of sp³-hybridized carbons (Fsp3) is 0.219. The summed E-state index contributed by atoms with van der Waals surface area (Å²) in [6.07, 6.45) is 0. The minimum absolute atomic E-state index is 0.104. The third-order valence-corrected chi connectivity index (χ3v) is 7.69. The SMILES string of the molecule is Cc1cccc(C(c2ccc(O)c(C(=O)O)c2)(c2cccc(C)c2C)c2cccc(C)c2C)c1C. The average molecular weight is 465 g/mol. The van der Waals surface area contributed by atoms with E-state index in [1.165, 1.54) is 22.8 Å². The Morgan fingerprint density at radius 2 is 1.03 bits per heavy atom. The Hall–Kier alpha value is -3.85. The minimum Gasteiger partial charge on any atom is -0.507 e. The lowest BCUT2D eigenvalue weighted by molar-refractivity contribution is 0.0693. The number of carbonyl (C=O) groups is 1. The molecule has 2 N–H and O–H groups in total. The first-order valence-electron chi connectivity index (χ1n) is 11.9. The van der Waals surface area contributed by atoms with Crippen LogP contribution in [0.1, 0.15) is 66.0 Å². The van der Waals surface area contributed by atoms with Crippen molar-refractivity contribution in [2.45, 2.75) is 47.0 Å². The predicted octanol–water partition coefficient (Wildman–Crippen LogP) is 7.32. The highest BCUT2D eigenvalue weighted by molar-refractivity contribution is 5.91. The van der Waals surface area contributed by atoms with E-state index in [1.54, 1.807) is 6.07 Å². The number of aromatic carboxylic acids is 1. The van der Waals surface area contributed by atoms with Crippen LogP contribution in [-0.2, 0) is 5.41 Å². The van der Waals surface area contributed by atoms with Crippen LogP contribution in [-0.4, -0.2) is 16.2 Å². The van der Waals surface area contributed by atoms with Crippen LogP contribution in [0.5, 0.6) is 5.75 Å². The zero-order valence-corrected chi connectivity index (χ0v) is 21.2. The first-order valence-corrected chi connectivity index (χ1v) is 11.9. The summed E-state index contributed by atoms with van der Waals surface area (Å²) >= 11 is 0. The Morgan fingerprint density at radius 1 is 0.629 bits per heavy atom. The van der Waals surface area contributed by atoms with Gasteiger partial charge in [0, 0.05) is 0 Å². The highest BCUT2D eigenvalue weighted by atomic mass is 16.4. The van der Waals surface area contributed by atoms with E-state index in [4.69, 9.17) is 0 Å². The summed E-state index contributed by atoms with van der Waals surface area (Å²) in [6.45, 7) is 12.7. The molecule has 0 spiro atoms. The van der Waals surface area contributed by atoms with Crippen molar-refractivity contribution in [1.82, 2.24) is 0 Å². The molecule has 0 heterocycles. The minimum atomic E-state index is -1.15. The zero-order chi connectivity index (χ0) is 25.5. The van der Waals surface area contributed by atoms with Crippen LogP contribution >= 0.6 is 0 Å².